The van der Waals surface area contributed by atoms with Gasteiger partial charge in [-0.05, 0) is 99.8 Å². The van der Waals surface area contributed by atoms with Crippen molar-refractivity contribution in [3.05, 3.63) is 106 Å². The molecule has 2 fully saturated rings. The van der Waals surface area contributed by atoms with Crippen molar-refractivity contribution in [3.63, 3.8) is 0 Å². The molecule has 0 saturated carbocycles. The van der Waals surface area contributed by atoms with E-state index in [4.69, 9.17) is 28.8 Å². The molecule has 0 bridgehead atoms. The van der Waals surface area contributed by atoms with Crippen molar-refractivity contribution in [2.24, 2.45) is 5.92 Å². The summed E-state index contributed by atoms with van der Waals surface area (Å²) in [6.07, 6.45) is 4.25. The summed E-state index contributed by atoms with van der Waals surface area (Å²) in [5.41, 5.74) is 9.16. The number of rotatable bonds is 5. The molecule has 40 heavy (non-hydrogen) atoms. The Morgan fingerprint density at radius 3 is 2.30 bits per heavy atom. The van der Waals surface area contributed by atoms with Crippen molar-refractivity contribution < 1.29 is 0 Å². The van der Waals surface area contributed by atoms with Gasteiger partial charge < -0.3 is 19.7 Å². The van der Waals surface area contributed by atoms with Crippen LogP contribution in [0.4, 0.5) is 11.4 Å². The number of pyridine rings is 1. The summed E-state index contributed by atoms with van der Waals surface area (Å²) in [6, 6.07) is 22.9. The van der Waals surface area contributed by atoms with E-state index in [1.807, 2.05) is 18.3 Å². The Labute approximate surface area is 247 Å². The van der Waals surface area contributed by atoms with Crippen LogP contribution in [0.15, 0.2) is 72.9 Å². The second-order valence-corrected chi connectivity index (χ2v) is 12.0. The molecule has 0 spiro atoms. The van der Waals surface area contributed by atoms with Crippen LogP contribution in [-0.4, -0.2) is 27.8 Å². The van der Waals surface area contributed by atoms with Gasteiger partial charge in [0.2, 0.25) is 0 Å². The van der Waals surface area contributed by atoms with Gasteiger partial charge in [0.05, 0.1) is 28.5 Å². The zero-order valence-corrected chi connectivity index (χ0v) is 25.1. The highest BCUT2D eigenvalue weighted by Gasteiger charge is 2.43. The van der Waals surface area contributed by atoms with Gasteiger partial charge in [0.1, 0.15) is 0 Å². The van der Waals surface area contributed by atoms with Gasteiger partial charge in [0.25, 0.3) is 0 Å². The molecule has 2 atom stereocenters. The van der Waals surface area contributed by atoms with Crippen LogP contribution < -0.4 is 15.1 Å². The minimum Gasteiger partial charge on any atom is -0.370 e. The fourth-order valence-electron chi connectivity index (χ4n) is 6.48. The average Bonchev–Trinajstić information content (AvgIpc) is 3.41. The minimum atomic E-state index is -0.112. The van der Waals surface area contributed by atoms with Gasteiger partial charge in [-0.1, -0.05) is 42.8 Å². The molecule has 4 heterocycles. The second-order valence-electron chi connectivity index (χ2n) is 11.2. The van der Waals surface area contributed by atoms with E-state index in [1.165, 1.54) is 35.4 Å². The number of piperidine rings is 1. The number of aromatic nitrogens is 2. The highest BCUT2D eigenvalue weighted by Crippen LogP contribution is 2.46. The standard InChI is InChI=1S/C33H36ClN5S/c1-21-15-18-37(19-16-21)29-14-13-26(20-27(29)34)39-32(31(36-33(39)40)28-12-8-9-17-35-28)30-22(2)23(3)38(24(30)4)25-10-6-5-7-11-25/h5-14,17,20-21,31-32H,15-16,18-19H2,1-4H3,(H,36,40)/t31-,32+/m0/s1. The first-order valence-electron chi connectivity index (χ1n) is 14.1. The van der Waals surface area contributed by atoms with Crippen LogP contribution in [0, 0.1) is 26.7 Å². The monoisotopic (exact) mass is 569 g/mol. The average molecular weight is 570 g/mol. The maximum absolute atomic E-state index is 7.00. The number of hydrogen-bond donors (Lipinski definition) is 1. The molecule has 4 aromatic rings. The SMILES string of the molecule is Cc1c([C@@H]2[C@H](c3ccccn3)NC(=S)N2c2ccc(N3CCC(C)CC3)c(Cl)c2)c(C)n(-c2ccccc2)c1C. The molecule has 1 N–H and O–H groups in total. The highest BCUT2D eigenvalue weighted by molar-refractivity contribution is 7.80. The summed E-state index contributed by atoms with van der Waals surface area (Å²) in [5.74, 6) is 0.768. The first-order chi connectivity index (χ1) is 19.3. The van der Waals surface area contributed by atoms with E-state index in [1.54, 1.807) is 0 Å². The molecule has 206 valence electrons. The van der Waals surface area contributed by atoms with Gasteiger partial charge in [-0.15, -0.1) is 0 Å². The van der Waals surface area contributed by atoms with Crippen LogP contribution >= 0.6 is 23.8 Å². The Bertz CT molecular complexity index is 1530. The predicted octanol–water partition coefficient (Wildman–Crippen LogP) is 7.86. The van der Waals surface area contributed by atoms with E-state index in [0.29, 0.717) is 5.11 Å². The zero-order chi connectivity index (χ0) is 28.0. The van der Waals surface area contributed by atoms with E-state index in [2.05, 4.69) is 102 Å². The number of halogens is 1. The smallest absolute Gasteiger partial charge is 0.174 e. The van der Waals surface area contributed by atoms with E-state index in [0.717, 1.165) is 46.8 Å². The Kier molecular flexibility index (Phi) is 7.32. The number of benzene rings is 2. The molecule has 2 aliphatic heterocycles. The Morgan fingerprint density at radius 1 is 0.900 bits per heavy atom. The summed E-state index contributed by atoms with van der Waals surface area (Å²) in [6.45, 7) is 11.0. The van der Waals surface area contributed by atoms with Crippen molar-refractivity contribution in [1.29, 1.82) is 0 Å². The summed E-state index contributed by atoms with van der Waals surface area (Å²) in [5, 5.41) is 5.07. The molecule has 2 saturated heterocycles. The molecule has 6 rings (SSSR count). The van der Waals surface area contributed by atoms with Gasteiger partial charge in [0, 0.05) is 47.6 Å². The summed E-state index contributed by atoms with van der Waals surface area (Å²) in [7, 11) is 0. The Balaban J connectivity index is 1.47. The lowest BCUT2D eigenvalue weighted by Gasteiger charge is -2.33. The molecular formula is C33H36ClN5S. The number of para-hydroxylation sites is 1. The third-order valence-electron chi connectivity index (χ3n) is 8.75. The number of anilines is 2. The van der Waals surface area contributed by atoms with Crippen LogP contribution in [0.5, 0.6) is 0 Å². The highest BCUT2D eigenvalue weighted by atomic mass is 35.5. The summed E-state index contributed by atoms with van der Waals surface area (Å²) >= 11 is 13.0. The van der Waals surface area contributed by atoms with Crippen molar-refractivity contribution in [2.45, 2.75) is 52.6 Å². The lowest BCUT2D eigenvalue weighted by molar-refractivity contribution is 0.438. The van der Waals surface area contributed by atoms with Crippen molar-refractivity contribution in [1.82, 2.24) is 14.9 Å². The van der Waals surface area contributed by atoms with Gasteiger partial charge in [-0.3, -0.25) is 4.98 Å². The van der Waals surface area contributed by atoms with Gasteiger partial charge in [0.15, 0.2) is 5.11 Å². The molecule has 2 aliphatic rings. The van der Waals surface area contributed by atoms with Crippen molar-refractivity contribution in [2.75, 3.05) is 22.9 Å². The third kappa shape index (κ3) is 4.67. The molecule has 5 nitrogen and oxygen atoms in total. The van der Waals surface area contributed by atoms with Gasteiger partial charge in [-0.25, -0.2) is 0 Å². The van der Waals surface area contributed by atoms with Crippen LogP contribution in [-0.2, 0) is 0 Å². The number of thiocarbonyl (C=S) groups is 1. The molecular weight excluding hydrogens is 534 g/mol. The third-order valence-corrected chi connectivity index (χ3v) is 9.37. The quantitative estimate of drug-likeness (QED) is 0.247. The molecule has 0 unspecified atom stereocenters. The first-order valence-corrected chi connectivity index (χ1v) is 14.9. The molecule has 0 amide bonds. The maximum Gasteiger partial charge on any atom is 0.174 e. The lowest BCUT2D eigenvalue weighted by Crippen LogP contribution is -2.33. The number of nitrogens with one attached hydrogen (secondary N) is 1. The summed E-state index contributed by atoms with van der Waals surface area (Å²) in [4.78, 5) is 9.41. The first kappa shape index (κ1) is 26.9. The van der Waals surface area contributed by atoms with Crippen molar-refractivity contribution in [3.8, 4) is 5.69 Å². The Morgan fingerprint density at radius 2 is 1.62 bits per heavy atom. The molecule has 0 aliphatic carbocycles. The molecule has 2 aromatic carbocycles. The van der Waals surface area contributed by atoms with E-state index in [-0.39, 0.29) is 12.1 Å². The van der Waals surface area contributed by atoms with Crippen LogP contribution in [0.2, 0.25) is 5.02 Å². The number of hydrogen-bond acceptors (Lipinski definition) is 3. The largest absolute Gasteiger partial charge is 0.370 e. The molecule has 2 aromatic heterocycles. The number of nitrogens with zero attached hydrogens (tertiary/aromatic N) is 4. The van der Waals surface area contributed by atoms with Crippen LogP contribution in [0.25, 0.3) is 5.69 Å². The minimum absolute atomic E-state index is 0.0937. The van der Waals surface area contributed by atoms with Crippen molar-refractivity contribution >= 4 is 40.3 Å². The van der Waals surface area contributed by atoms with Gasteiger partial charge in [-0.2, -0.15) is 0 Å². The zero-order valence-electron chi connectivity index (χ0n) is 23.6. The normalized spacial score (nSPS) is 19.8. The van der Waals surface area contributed by atoms with E-state index >= 15 is 0 Å². The molecule has 7 heteroatoms. The predicted molar refractivity (Wildman–Crippen MR) is 170 cm³/mol. The summed E-state index contributed by atoms with van der Waals surface area (Å²) < 4.78 is 2.35. The van der Waals surface area contributed by atoms with E-state index in [9.17, 15) is 0 Å². The lowest BCUT2D eigenvalue weighted by atomic mass is 9.93. The van der Waals surface area contributed by atoms with E-state index < -0.39 is 0 Å². The Hall–Kier alpha value is -3.35. The fourth-order valence-corrected chi connectivity index (χ4v) is 7.12. The fraction of sp³-hybridized carbons (Fsp3) is 0.333. The molecule has 0 radical (unpaired) electrons. The van der Waals surface area contributed by atoms with Gasteiger partial charge >= 0.3 is 0 Å². The second kappa shape index (κ2) is 10.9. The van der Waals surface area contributed by atoms with Crippen LogP contribution in [0.1, 0.15) is 60.1 Å². The van der Waals surface area contributed by atoms with Crippen LogP contribution in [0.3, 0.4) is 0 Å². The maximum atomic E-state index is 7.00. The topological polar surface area (TPSA) is 36.3 Å².